The van der Waals surface area contributed by atoms with Crippen LogP contribution in [0, 0.1) is 0 Å². The molecule has 1 atom stereocenters. The van der Waals surface area contributed by atoms with Crippen molar-refractivity contribution in [3.05, 3.63) is 0 Å². The van der Waals surface area contributed by atoms with Crippen molar-refractivity contribution in [3.63, 3.8) is 0 Å². The van der Waals surface area contributed by atoms with Crippen LogP contribution in [0.4, 0.5) is 0 Å². The van der Waals surface area contributed by atoms with E-state index >= 15 is 0 Å². The number of hydrogen-bond donors (Lipinski definition) is 2. The Morgan fingerprint density at radius 2 is 2.10 bits per heavy atom. The summed E-state index contributed by atoms with van der Waals surface area (Å²) < 4.78 is 0. The maximum Gasteiger partial charge on any atom is 0.177 e. The Balaban J connectivity index is 0. The molecule has 0 aromatic heterocycles. The molecule has 0 saturated heterocycles. The number of Topliss-reactive ketones (excluding diaryl/α,β-unsaturated/α-hetero) is 1. The average Bonchev–Trinajstić information content (AvgIpc) is 1.86. The average molecular weight is 168 g/mol. The number of aliphatic hydroxyl groups is 1. The molecule has 0 bridgehead atoms. The Kier molecular flexibility index (Phi) is 5.84. The first kappa shape index (κ1) is 12.5. The lowest BCUT2D eigenvalue weighted by molar-refractivity contribution is -0.134. The van der Waals surface area contributed by atoms with E-state index in [0.29, 0.717) is 6.42 Å². The summed E-state index contributed by atoms with van der Waals surface area (Å²) in [7, 11) is 0. The predicted octanol–water partition coefficient (Wildman–Crippen LogP) is 0.0970. The van der Waals surface area contributed by atoms with Gasteiger partial charge < -0.3 is 10.8 Å². The Morgan fingerprint density at radius 3 is 2.20 bits per heavy atom. The fraction of sp³-hybridized carbons (Fsp3) is 0.833. The van der Waals surface area contributed by atoms with Crippen molar-refractivity contribution in [2.24, 2.45) is 5.73 Å². The zero-order valence-corrected chi connectivity index (χ0v) is 7.07. The van der Waals surface area contributed by atoms with E-state index in [-0.39, 0.29) is 24.7 Å². The van der Waals surface area contributed by atoms with Crippen LogP contribution >= 0.6 is 12.4 Å². The minimum atomic E-state index is -1.21. The van der Waals surface area contributed by atoms with Crippen LogP contribution in [-0.4, -0.2) is 23.0 Å². The van der Waals surface area contributed by atoms with E-state index in [4.69, 9.17) is 10.8 Å². The fourth-order valence-electron chi connectivity index (χ4n) is 0.417. The van der Waals surface area contributed by atoms with Gasteiger partial charge in [0.25, 0.3) is 0 Å². The maximum absolute atomic E-state index is 10.7. The van der Waals surface area contributed by atoms with E-state index in [1.165, 1.54) is 6.92 Å². The molecule has 0 rings (SSSR count). The summed E-state index contributed by atoms with van der Waals surface area (Å²) in [4.78, 5) is 10.7. The van der Waals surface area contributed by atoms with Crippen molar-refractivity contribution < 1.29 is 9.90 Å². The summed E-state index contributed by atoms with van der Waals surface area (Å²) >= 11 is 0. The quantitative estimate of drug-likeness (QED) is 0.627. The molecule has 4 heteroatoms. The van der Waals surface area contributed by atoms with Crippen molar-refractivity contribution in [1.29, 1.82) is 0 Å². The second-order valence-corrected chi connectivity index (χ2v) is 2.25. The second kappa shape index (κ2) is 4.66. The monoisotopic (exact) mass is 167 g/mol. The zero-order valence-electron chi connectivity index (χ0n) is 6.26. The number of rotatable bonds is 3. The van der Waals surface area contributed by atoms with Crippen LogP contribution in [0.2, 0.25) is 0 Å². The van der Waals surface area contributed by atoms with Crippen LogP contribution in [0.1, 0.15) is 20.3 Å². The summed E-state index contributed by atoms with van der Waals surface area (Å²) in [5.41, 5.74) is 3.81. The summed E-state index contributed by atoms with van der Waals surface area (Å²) in [5.74, 6) is -0.301. The van der Waals surface area contributed by atoms with E-state index in [1.807, 2.05) is 0 Å². The normalized spacial score (nSPS) is 15.2. The number of nitrogens with two attached hydrogens (primary N) is 1. The summed E-state index contributed by atoms with van der Waals surface area (Å²) in [6.07, 6.45) is 0.420. The van der Waals surface area contributed by atoms with Crippen molar-refractivity contribution in [2.75, 3.05) is 6.54 Å². The lowest BCUT2D eigenvalue weighted by atomic mass is 9.98. The fourth-order valence-corrected chi connectivity index (χ4v) is 0.417. The predicted molar refractivity (Wildman–Crippen MR) is 42.2 cm³/mol. The topological polar surface area (TPSA) is 63.3 Å². The SMILES string of the molecule is CC[C@](C)(O)C(=O)CN.Cl. The summed E-state index contributed by atoms with van der Waals surface area (Å²) in [5, 5.41) is 9.16. The molecule has 0 aliphatic heterocycles. The lowest BCUT2D eigenvalue weighted by Gasteiger charge is -2.17. The van der Waals surface area contributed by atoms with Gasteiger partial charge in [0.2, 0.25) is 0 Å². The molecule has 0 aromatic rings. The highest BCUT2D eigenvalue weighted by Crippen LogP contribution is 2.07. The number of carbonyl (C=O) groups excluding carboxylic acids is 1. The molecule has 3 N–H and O–H groups in total. The number of halogens is 1. The molecule has 0 aliphatic rings. The molecular formula is C6H14ClNO2. The van der Waals surface area contributed by atoms with Crippen LogP contribution in [0.25, 0.3) is 0 Å². The lowest BCUT2D eigenvalue weighted by Crippen LogP contribution is -2.38. The smallest absolute Gasteiger partial charge is 0.177 e. The number of carbonyl (C=O) groups is 1. The largest absolute Gasteiger partial charge is 0.382 e. The molecular weight excluding hydrogens is 154 g/mol. The first-order chi connectivity index (χ1) is 4.04. The molecule has 10 heavy (non-hydrogen) atoms. The van der Waals surface area contributed by atoms with Gasteiger partial charge in [-0.1, -0.05) is 6.92 Å². The maximum atomic E-state index is 10.7. The second-order valence-electron chi connectivity index (χ2n) is 2.25. The standard InChI is InChI=1S/C6H13NO2.ClH/c1-3-6(2,9)5(8)4-7;/h9H,3-4,7H2,1-2H3;1H/t6-;/m0./s1. The number of hydrogen-bond acceptors (Lipinski definition) is 3. The van der Waals surface area contributed by atoms with Gasteiger partial charge >= 0.3 is 0 Å². The minimum Gasteiger partial charge on any atom is -0.382 e. The van der Waals surface area contributed by atoms with Crippen LogP contribution in [0.3, 0.4) is 0 Å². The molecule has 62 valence electrons. The molecule has 0 amide bonds. The van der Waals surface area contributed by atoms with Crippen LogP contribution < -0.4 is 5.73 Å². The Hall–Kier alpha value is -0.120. The van der Waals surface area contributed by atoms with Crippen molar-refractivity contribution in [1.82, 2.24) is 0 Å². The molecule has 0 unspecified atom stereocenters. The van der Waals surface area contributed by atoms with Gasteiger partial charge in [-0.2, -0.15) is 0 Å². The third kappa shape index (κ3) is 3.15. The van der Waals surface area contributed by atoms with Gasteiger partial charge in [0.1, 0.15) is 5.60 Å². The highest BCUT2D eigenvalue weighted by molar-refractivity contribution is 5.88. The van der Waals surface area contributed by atoms with E-state index in [2.05, 4.69) is 0 Å². The van der Waals surface area contributed by atoms with Gasteiger partial charge in [-0.05, 0) is 13.3 Å². The first-order valence-corrected chi connectivity index (χ1v) is 3.00. The molecule has 3 nitrogen and oxygen atoms in total. The first-order valence-electron chi connectivity index (χ1n) is 3.00. The highest BCUT2D eigenvalue weighted by atomic mass is 35.5. The molecule has 0 aromatic carbocycles. The van der Waals surface area contributed by atoms with Gasteiger partial charge in [-0.3, -0.25) is 4.79 Å². The van der Waals surface area contributed by atoms with Crippen molar-refractivity contribution in [2.45, 2.75) is 25.9 Å². The summed E-state index contributed by atoms with van der Waals surface area (Å²) in [6.45, 7) is 3.14. The Morgan fingerprint density at radius 1 is 1.70 bits per heavy atom. The zero-order chi connectivity index (χ0) is 7.49. The van der Waals surface area contributed by atoms with Crippen molar-refractivity contribution >= 4 is 18.2 Å². The molecule has 0 aliphatic carbocycles. The van der Waals surface area contributed by atoms with Crippen LogP contribution in [0.15, 0.2) is 0 Å². The van der Waals surface area contributed by atoms with E-state index in [9.17, 15) is 4.79 Å². The third-order valence-electron chi connectivity index (χ3n) is 1.47. The third-order valence-corrected chi connectivity index (χ3v) is 1.47. The van der Waals surface area contributed by atoms with E-state index < -0.39 is 5.60 Å². The van der Waals surface area contributed by atoms with Gasteiger partial charge in [0.05, 0.1) is 6.54 Å². The number of ketones is 1. The Bertz CT molecular complexity index is 114. The molecule has 0 heterocycles. The molecule has 0 fully saturated rings. The molecule has 0 saturated carbocycles. The minimum absolute atomic E-state index is 0. The molecule has 0 radical (unpaired) electrons. The highest BCUT2D eigenvalue weighted by Gasteiger charge is 2.25. The molecule has 0 spiro atoms. The van der Waals surface area contributed by atoms with Gasteiger partial charge in [-0.25, -0.2) is 0 Å². The van der Waals surface area contributed by atoms with Gasteiger partial charge in [0, 0.05) is 0 Å². The summed E-state index contributed by atoms with van der Waals surface area (Å²) in [6, 6.07) is 0. The van der Waals surface area contributed by atoms with Gasteiger partial charge in [-0.15, -0.1) is 12.4 Å². The van der Waals surface area contributed by atoms with E-state index in [1.54, 1.807) is 6.92 Å². The van der Waals surface area contributed by atoms with Crippen LogP contribution in [0.5, 0.6) is 0 Å². The Labute approximate surface area is 67.0 Å². The van der Waals surface area contributed by atoms with Gasteiger partial charge in [0.15, 0.2) is 5.78 Å². The van der Waals surface area contributed by atoms with Crippen molar-refractivity contribution in [3.8, 4) is 0 Å². The van der Waals surface area contributed by atoms with E-state index in [0.717, 1.165) is 0 Å². The van der Waals surface area contributed by atoms with Crippen LogP contribution in [-0.2, 0) is 4.79 Å².